The smallest absolute Gasteiger partial charge is 0.339 e. The van der Waals surface area contributed by atoms with Gasteiger partial charge in [0.1, 0.15) is 10.8 Å². The third-order valence-corrected chi connectivity index (χ3v) is 5.06. The molecule has 2 aromatic carbocycles. The average Bonchev–Trinajstić information content (AvgIpc) is 3.25. The van der Waals surface area contributed by atoms with Gasteiger partial charge in [0.05, 0.1) is 18.2 Å². The van der Waals surface area contributed by atoms with Crippen molar-refractivity contribution in [1.82, 2.24) is 0 Å². The number of benzene rings is 2. The summed E-state index contributed by atoms with van der Waals surface area (Å²) in [6, 6.07) is 17.7. The Labute approximate surface area is 183 Å². The topological polar surface area (TPSA) is 108 Å². The monoisotopic (exact) mass is 436 g/mol. The molecule has 0 aliphatic rings. The molecule has 31 heavy (non-hydrogen) atoms. The van der Waals surface area contributed by atoms with Gasteiger partial charge < -0.3 is 20.5 Å². The van der Waals surface area contributed by atoms with Crippen molar-refractivity contribution in [2.24, 2.45) is 5.73 Å². The van der Waals surface area contributed by atoms with E-state index in [0.717, 1.165) is 16.9 Å². The lowest BCUT2D eigenvalue weighted by Crippen LogP contribution is -2.22. The van der Waals surface area contributed by atoms with E-state index < -0.39 is 24.4 Å². The summed E-state index contributed by atoms with van der Waals surface area (Å²) in [6.07, 6.45) is 1.67. The van der Waals surface area contributed by atoms with Crippen molar-refractivity contribution in [2.45, 2.75) is 0 Å². The Kier molecular flexibility index (Phi) is 7.18. The maximum Gasteiger partial charge on any atom is 0.339 e. The van der Waals surface area contributed by atoms with Gasteiger partial charge in [0, 0.05) is 0 Å². The molecule has 3 rings (SSSR count). The lowest BCUT2D eigenvalue weighted by Gasteiger charge is -2.10. The summed E-state index contributed by atoms with van der Waals surface area (Å²) in [7, 11) is 1.56. The Morgan fingerprint density at radius 3 is 2.55 bits per heavy atom. The molecule has 7 nitrogen and oxygen atoms in total. The maximum absolute atomic E-state index is 12.8. The third-order valence-electron chi connectivity index (χ3n) is 4.23. The summed E-state index contributed by atoms with van der Waals surface area (Å²) >= 11 is 1.15. The molecule has 0 aliphatic heterocycles. The normalized spacial score (nSPS) is 10.9. The molecule has 1 heterocycles. The van der Waals surface area contributed by atoms with Gasteiger partial charge in [-0.25, -0.2) is 4.79 Å². The fourth-order valence-electron chi connectivity index (χ4n) is 2.75. The van der Waals surface area contributed by atoms with Crippen molar-refractivity contribution in [1.29, 1.82) is 0 Å². The van der Waals surface area contributed by atoms with E-state index in [1.807, 2.05) is 18.2 Å². The van der Waals surface area contributed by atoms with Gasteiger partial charge in [-0.15, -0.1) is 11.3 Å². The number of carbonyl (C=O) groups is 3. The maximum atomic E-state index is 12.8. The van der Waals surface area contributed by atoms with Gasteiger partial charge in [-0.05, 0) is 40.8 Å². The average molecular weight is 436 g/mol. The van der Waals surface area contributed by atoms with E-state index in [2.05, 4.69) is 5.32 Å². The van der Waals surface area contributed by atoms with Crippen molar-refractivity contribution in [3.8, 4) is 5.75 Å². The summed E-state index contributed by atoms with van der Waals surface area (Å²) in [4.78, 5) is 36.4. The number of anilines is 1. The standard InChI is InChI=1S/C23H20N2O5S/c1-29-17-9-5-6-15(12-17)13-19(16-7-3-2-4-8-16)23(28)30-14-20(26)25-22-18(21(24)27)10-11-31-22/h2-13H,14H2,1H3,(H2,24,27)(H,25,26). The molecule has 0 radical (unpaired) electrons. The van der Waals surface area contributed by atoms with Crippen LogP contribution in [-0.4, -0.2) is 31.5 Å². The Morgan fingerprint density at radius 2 is 1.84 bits per heavy atom. The fourth-order valence-corrected chi connectivity index (χ4v) is 3.56. The van der Waals surface area contributed by atoms with Gasteiger partial charge in [0.25, 0.3) is 11.8 Å². The highest BCUT2D eigenvalue weighted by atomic mass is 32.1. The van der Waals surface area contributed by atoms with Gasteiger partial charge >= 0.3 is 5.97 Å². The van der Waals surface area contributed by atoms with E-state index in [0.29, 0.717) is 16.3 Å². The van der Waals surface area contributed by atoms with E-state index in [9.17, 15) is 14.4 Å². The number of nitrogens with one attached hydrogen (secondary N) is 1. The summed E-state index contributed by atoms with van der Waals surface area (Å²) in [6.45, 7) is -0.517. The number of thiophene rings is 1. The quantitative estimate of drug-likeness (QED) is 0.319. The molecule has 3 N–H and O–H groups in total. The number of carbonyl (C=O) groups excluding carboxylic acids is 3. The SMILES string of the molecule is COc1cccc(C=C(C(=O)OCC(=O)Nc2sccc2C(N)=O)c2ccccc2)c1. The number of amides is 2. The molecule has 0 atom stereocenters. The molecule has 0 saturated heterocycles. The first-order valence-corrected chi connectivity index (χ1v) is 10.1. The van der Waals surface area contributed by atoms with E-state index >= 15 is 0 Å². The number of methoxy groups -OCH3 is 1. The van der Waals surface area contributed by atoms with Crippen LogP contribution < -0.4 is 15.8 Å². The molecule has 0 unspecified atom stereocenters. The van der Waals surface area contributed by atoms with Crippen LogP contribution in [0, 0.1) is 0 Å². The summed E-state index contributed by atoms with van der Waals surface area (Å²) in [5.74, 6) is -1.24. The predicted molar refractivity (Wildman–Crippen MR) is 120 cm³/mol. The minimum absolute atomic E-state index is 0.201. The number of rotatable bonds is 8. The van der Waals surface area contributed by atoms with Gasteiger partial charge in [-0.3, -0.25) is 9.59 Å². The number of esters is 1. The zero-order valence-corrected chi connectivity index (χ0v) is 17.5. The molecular weight excluding hydrogens is 416 g/mol. The molecule has 3 aromatic rings. The van der Waals surface area contributed by atoms with Gasteiger partial charge in [0.2, 0.25) is 0 Å². The fraction of sp³-hybridized carbons (Fsp3) is 0.0870. The summed E-state index contributed by atoms with van der Waals surface area (Å²) < 4.78 is 10.5. The minimum atomic E-state index is -0.662. The number of hydrogen-bond acceptors (Lipinski definition) is 6. The molecule has 0 fully saturated rings. The van der Waals surface area contributed by atoms with Crippen molar-refractivity contribution in [3.63, 3.8) is 0 Å². The van der Waals surface area contributed by atoms with Crippen LogP contribution in [0.2, 0.25) is 0 Å². The molecule has 2 amide bonds. The minimum Gasteiger partial charge on any atom is -0.497 e. The second-order valence-electron chi connectivity index (χ2n) is 6.35. The van der Waals surface area contributed by atoms with E-state index in [-0.39, 0.29) is 11.1 Å². The first-order chi connectivity index (χ1) is 15.0. The van der Waals surface area contributed by atoms with Crippen LogP contribution in [0.5, 0.6) is 5.75 Å². The number of hydrogen-bond donors (Lipinski definition) is 2. The Balaban J connectivity index is 1.76. The van der Waals surface area contributed by atoms with Gasteiger partial charge in [0.15, 0.2) is 6.61 Å². The summed E-state index contributed by atoms with van der Waals surface area (Å²) in [5.41, 5.74) is 7.14. The van der Waals surface area contributed by atoms with Crippen LogP contribution in [-0.2, 0) is 14.3 Å². The zero-order chi connectivity index (χ0) is 22.2. The van der Waals surface area contributed by atoms with Crippen molar-refractivity contribution in [2.75, 3.05) is 19.0 Å². The van der Waals surface area contributed by atoms with Gasteiger partial charge in [-0.1, -0.05) is 42.5 Å². The molecule has 0 bridgehead atoms. The Bertz CT molecular complexity index is 1120. The largest absolute Gasteiger partial charge is 0.497 e. The summed E-state index contributed by atoms with van der Waals surface area (Å²) in [5, 5.41) is 4.48. The van der Waals surface area contributed by atoms with Gasteiger partial charge in [-0.2, -0.15) is 0 Å². The predicted octanol–water partition coefficient (Wildman–Crippen LogP) is 3.58. The highest BCUT2D eigenvalue weighted by Gasteiger charge is 2.17. The molecule has 1 aromatic heterocycles. The van der Waals surface area contributed by atoms with Crippen LogP contribution in [0.4, 0.5) is 5.00 Å². The number of ether oxygens (including phenoxy) is 2. The van der Waals surface area contributed by atoms with E-state index in [1.165, 1.54) is 6.07 Å². The number of nitrogens with two attached hydrogens (primary N) is 1. The highest BCUT2D eigenvalue weighted by Crippen LogP contribution is 2.24. The molecular formula is C23H20N2O5S. The molecule has 0 spiro atoms. The lowest BCUT2D eigenvalue weighted by atomic mass is 10.0. The van der Waals surface area contributed by atoms with Crippen LogP contribution >= 0.6 is 11.3 Å². The van der Waals surface area contributed by atoms with Crippen LogP contribution in [0.3, 0.4) is 0 Å². The second-order valence-corrected chi connectivity index (χ2v) is 7.27. The van der Waals surface area contributed by atoms with E-state index in [1.54, 1.807) is 55.0 Å². The van der Waals surface area contributed by atoms with Crippen molar-refractivity contribution in [3.05, 3.63) is 82.7 Å². The molecule has 158 valence electrons. The molecule has 0 saturated carbocycles. The first kappa shape index (κ1) is 21.8. The van der Waals surface area contributed by atoms with E-state index in [4.69, 9.17) is 15.2 Å². The van der Waals surface area contributed by atoms with Crippen molar-refractivity contribution >= 4 is 45.8 Å². The van der Waals surface area contributed by atoms with Crippen LogP contribution in [0.25, 0.3) is 11.6 Å². The molecule has 8 heteroatoms. The van der Waals surface area contributed by atoms with Crippen LogP contribution in [0.15, 0.2) is 66.0 Å². The Hall–Kier alpha value is -3.91. The highest BCUT2D eigenvalue weighted by molar-refractivity contribution is 7.14. The zero-order valence-electron chi connectivity index (χ0n) is 16.7. The first-order valence-electron chi connectivity index (χ1n) is 9.23. The lowest BCUT2D eigenvalue weighted by molar-refractivity contribution is -0.141. The van der Waals surface area contributed by atoms with Crippen molar-refractivity contribution < 1.29 is 23.9 Å². The van der Waals surface area contributed by atoms with Crippen LogP contribution in [0.1, 0.15) is 21.5 Å². The third kappa shape index (κ3) is 5.80. The number of primary amides is 1. The molecule has 0 aliphatic carbocycles. The Morgan fingerprint density at radius 1 is 1.06 bits per heavy atom. The second kappa shape index (κ2) is 10.2.